The highest BCUT2D eigenvalue weighted by molar-refractivity contribution is 7.90. The van der Waals surface area contributed by atoms with Gasteiger partial charge in [0.15, 0.2) is 0 Å². The van der Waals surface area contributed by atoms with E-state index in [1.807, 2.05) is 0 Å². The van der Waals surface area contributed by atoms with Gasteiger partial charge in [0.1, 0.15) is 15.7 Å². The van der Waals surface area contributed by atoms with Gasteiger partial charge in [0.25, 0.3) is 0 Å². The molecule has 1 rings (SSSR count). The average Bonchev–Trinajstić information content (AvgIpc) is 2.23. The number of anilines is 1. The summed E-state index contributed by atoms with van der Waals surface area (Å²) >= 11 is 0. The predicted octanol–water partition coefficient (Wildman–Crippen LogP) is -0.623. The molecule has 1 heterocycles. The molecule has 9 heteroatoms. The van der Waals surface area contributed by atoms with Gasteiger partial charge in [0.05, 0.1) is 10.6 Å². The standard InChI is InChI=1S/C9H15N3O4S2/c1-17(13,14)6-2-4-12-18(15,16)8-3-5-11-9(10)7-8/h3,5,7,12H,2,4,6H2,1H3,(H2,10,11). The van der Waals surface area contributed by atoms with E-state index >= 15 is 0 Å². The molecule has 102 valence electrons. The summed E-state index contributed by atoms with van der Waals surface area (Å²) < 4.78 is 47.6. The van der Waals surface area contributed by atoms with E-state index in [4.69, 9.17) is 5.73 Å². The SMILES string of the molecule is CS(=O)(=O)CCCNS(=O)(=O)c1ccnc(N)c1. The molecule has 0 aliphatic rings. The van der Waals surface area contributed by atoms with Crippen molar-refractivity contribution in [3.63, 3.8) is 0 Å². The van der Waals surface area contributed by atoms with Crippen molar-refractivity contribution in [2.24, 2.45) is 0 Å². The zero-order chi connectivity index (χ0) is 13.8. The summed E-state index contributed by atoms with van der Waals surface area (Å²) in [7, 11) is -6.74. The van der Waals surface area contributed by atoms with Gasteiger partial charge in [-0.3, -0.25) is 0 Å². The number of nitrogens with zero attached hydrogens (tertiary/aromatic N) is 1. The minimum atomic E-state index is -3.67. The Hall–Kier alpha value is -1.19. The number of nitrogen functional groups attached to an aromatic ring is 1. The van der Waals surface area contributed by atoms with Gasteiger partial charge in [-0.25, -0.2) is 26.5 Å². The van der Waals surface area contributed by atoms with Crippen LogP contribution in [-0.2, 0) is 19.9 Å². The van der Waals surface area contributed by atoms with Gasteiger partial charge in [-0.15, -0.1) is 0 Å². The fourth-order valence-electron chi connectivity index (χ4n) is 1.22. The second-order valence-corrected chi connectivity index (χ2v) is 7.82. The molecular formula is C9H15N3O4S2. The van der Waals surface area contributed by atoms with Crippen LogP contribution in [0.15, 0.2) is 23.2 Å². The smallest absolute Gasteiger partial charge is 0.240 e. The minimum absolute atomic E-state index is 0.00866. The predicted molar refractivity (Wildman–Crippen MR) is 68.2 cm³/mol. The zero-order valence-corrected chi connectivity index (χ0v) is 11.5. The fourth-order valence-corrected chi connectivity index (χ4v) is 2.98. The molecule has 0 bridgehead atoms. The van der Waals surface area contributed by atoms with Crippen molar-refractivity contribution in [1.29, 1.82) is 0 Å². The van der Waals surface area contributed by atoms with Crippen LogP contribution in [0.2, 0.25) is 0 Å². The maximum Gasteiger partial charge on any atom is 0.240 e. The van der Waals surface area contributed by atoms with Gasteiger partial charge >= 0.3 is 0 Å². The Morgan fingerprint density at radius 3 is 2.56 bits per heavy atom. The second-order valence-electron chi connectivity index (χ2n) is 3.80. The Labute approximate surface area is 106 Å². The lowest BCUT2D eigenvalue weighted by Gasteiger charge is -2.06. The van der Waals surface area contributed by atoms with Gasteiger partial charge in [-0.2, -0.15) is 0 Å². The first-order valence-corrected chi connectivity index (χ1v) is 8.64. The van der Waals surface area contributed by atoms with Crippen molar-refractivity contribution in [1.82, 2.24) is 9.71 Å². The van der Waals surface area contributed by atoms with Gasteiger partial charge in [-0.1, -0.05) is 0 Å². The van der Waals surface area contributed by atoms with Crippen LogP contribution in [0.1, 0.15) is 6.42 Å². The Bertz CT molecular complexity index is 610. The summed E-state index contributed by atoms with van der Waals surface area (Å²) in [6.07, 6.45) is 2.62. The molecule has 0 fully saturated rings. The summed E-state index contributed by atoms with van der Waals surface area (Å²) in [6.45, 7) is 0.0532. The third-order valence-corrected chi connectivity index (χ3v) is 4.54. The molecule has 0 aromatic carbocycles. The number of sulfonamides is 1. The summed E-state index contributed by atoms with van der Waals surface area (Å²) in [6, 6.07) is 2.55. The molecule has 3 N–H and O–H groups in total. The first kappa shape index (κ1) is 14.9. The van der Waals surface area contributed by atoms with Crippen LogP contribution < -0.4 is 10.5 Å². The lowest BCUT2D eigenvalue weighted by atomic mass is 10.5. The minimum Gasteiger partial charge on any atom is -0.384 e. The number of hydrogen-bond donors (Lipinski definition) is 2. The van der Waals surface area contributed by atoms with Crippen LogP contribution in [0, 0.1) is 0 Å². The van der Waals surface area contributed by atoms with Crippen molar-refractivity contribution in [3.8, 4) is 0 Å². The fraction of sp³-hybridized carbons (Fsp3) is 0.444. The lowest BCUT2D eigenvalue weighted by molar-refractivity contribution is 0.577. The van der Waals surface area contributed by atoms with E-state index in [2.05, 4.69) is 9.71 Å². The molecule has 7 nitrogen and oxygen atoms in total. The lowest BCUT2D eigenvalue weighted by Crippen LogP contribution is -2.26. The summed E-state index contributed by atoms with van der Waals surface area (Å²) in [4.78, 5) is 3.70. The largest absolute Gasteiger partial charge is 0.384 e. The van der Waals surface area contributed by atoms with Crippen LogP contribution >= 0.6 is 0 Å². The number of pyridine rings is 1. The van der Waals surface area contributed by atoms with E-state index < -0.39 is 19.9 Å². The number of aromatic nitrogens is 1. The number of rotatable bonds is 6. The van der Waals surface area contributed by atoms with Gasteiger partial charge in [0, 0.05) is 25.1 Å². The van der Waals surface area contributed by atoms with Crippen LogP contribution in [-0.4, -0.2) is 40.4 Å². The Morgan fingerprint density at radius 2 is 2.00 bits per heavy atom. The normalized spacial score (nSPS) is 12.5. The molecule has 0 aliphatic carbocycles. The topological polar surface area (TPSA) is 119 Å². The van der Waals surface area contributed by atoms with Crippen molar-refractivity contribution in [2.45, 2.75) is 11.3 Å². The highest BCUT2D eigenvalue weighted by atomic mass is 32.2. The Morgan fingerprint density at radius 1 is 1.33 bits per heavy atom. The molecule has 0 amide bonds. The summed E-state index contributed by atoms with van der Waals surface area (Å²) in [5, 5.41) is 0. The van der Waals surface area contributed by atoms with E-state index in [0.717, 1.165) is 6.26 Å². The molecular weight excluding hydrogens is 278 g/mol. The second kappa shape index (κ2) is 5.63. The van der Waals surface area contributed by atoms with Crippen molar-refractivity contribution in [2.75, 3.05) is 24.3 Å². The molecule has 0 unspecified atom stereocenters. The highest BCUT2D eigenvalue weighted by Gasteiger charge is 2.14. The Kier molecular flexibility index (Phi) is 4.65. The van der Waals surface area contributed by atoms with Gasteiger partial charge in [0.2, 0.25) is 10.0 Å². The Balaban J connectivity index is 2.61. The van der Waals surface area contributed by atoms with Crippen LogP contribution in [0.25, 0.3) is 0 Å². The molecule has 1 aromatic rings. The number of sulfone groups is 1. The van der Waals surface area contributed by atoms with E-state index in [9.17, 15) is 16.8 Å². The van der Waals surface area contributed by atoms with E-state index in [-0.39, 0.29) is 29.4 Å². The van der Waals surface area contributed by atoms with Crippen molar-refractivity contribution < 1.29 is 16.8 Å². The van der Waals surface area contributed by atoms with Gasteiger partial charge in [-0.05, 0) is 12.5 Å². The molecule has 1 aromatic heterocycles. The van der Waals surface area contributed by atoms with Crippen molar-refractivity contribution in [3.05, 3.63) is 18.3 Å². The molecule has 0 radical (unpaired) electrons. The highest BCUT2D eigenvalue weighted by Crippen LogP contribution is 2.09. The van der Waals surface area contributed by atoms with E-state index in [1.54, 1.807) is 0 Å². The quantitative estimate of drug-likeness (QED) is 0.674. The van der Waals surface area contributed by atoms with Crippen LogP contribution in [0.5, 0.6) is 0 Å². The molecule has 0 saturated heterocycles. The summed E-state index contributed by atoms with van der Waals surface area (Å²) in [5.74, 6) is 0.0441. The first-order valence-electron chi connectivity index (χ1n) is 5.10. The van der Waals surface area contributed by atoms with E-state index in [1.165, 1.54) is 18.3 Å². The monoisotopic (exact) mass is 293 g/mol. The number of nitrogens with two attached hydrogens (primary N) is 1. The van der Waals surface area contributed by atoms with Crippen LogP contribution in [0.4, 0.5) is 5.82 Å². The van der Waals surface area contributed by atoms with Crippen molar-refractivity contribution >= 4 is 25.7 Å². The van der Waals surface area contributed by atoms with E-state index in [0.29, 0.717) is 0 Å². The number of nitrogens with one attached hydrogen (secondary N) is 1. The molecule has 0 aliphatic heterocycles. The number of hydrogen-bond acceptors (Lipinski definition) is 6. The molecule has 0 atom stereocenters. The molecule has 18 heavy (non-hydrogen) atoms. The maximum absolute atomic E-state index is 11.8. The third-order valence-electron chi connectivity index (χ3n) is 2.05. The third kappa shape index (κ3) is 4.98. The van der Waals surface area contributed by atoms with Gasteiger partial charge < -0.3 is 5.73 Å². The first-order chi connectivity index (χ1) is 8.21. The molecule has 0 spiro atoms. The average molecular weight is 293 g/mol. The zero-order valence-electron chi connectivity index (χ0n) is 9.83. The molecule has 0 saturated carbocycles. The van der Waals surface area contributed by atoms with Crippen LogP contribution in [0.3, 0.4) is 0 Å². The maximum atomic E-state index is 11.8. The summed E-state index contributed by atoms with van der Waals surface area (Å²) in [5.41, 5.74) is 5.38.